The van der Waals surface area contributed by atoms with Crippen LogP contribution in [0.3, 0.4) is 0 Å². The summed E-state index contributed by atoms with van der Waals surface area (Å²) in [4.78, 5) is 2.23. The van der Waals surface area contributed by atoms with Crippen molar-refractivity contribution in [1.82, 2.24) is 0 Å². The predicted octanol–water partition coefficient (Wildman–Crippen LogP) is 2.35. The van der Waals surface area contributed by atoms with Gasteiger partial charge in [-0.05, 0) is 47.5 Å². The second-order valence-electron chi connectivity index (χ2n) is 4.62. The smallest absolute Gasteiger partial charge is 0.123 e. The monoisotopic (exact) mass is 311 g/mol. The number of anilines is 1. The number of halogens is 1. The van der Waals surface area contributed by atoms with E-state index in [4.69, 9.17) is 15.9 Å². The van der Waals surface area contributed by atoms with Crippen molar-refractivity contribution in [3.63, 3.8) is 0 Å². The first-order valence-corrected chi connectivity index (χ1v) is 6.78. The van der Waals surface area contributed by atoms with Crippen molar-refractivity contribution < 1.29 is 4.74 Å². The number of nitrogens with zero attached hydrogens (tertiary/aromatic N) is 1. The molecule has 1 aliphatic heterocycles. The van der Waals surface area contributed by atoms with E-state index in [2.05, 4.69) is 34.8 Å². The van der Waals surface area contributed by atoms with Crippen molar-refractivity contribution in [1.29, 1.82) is 5.41 Å². The van der Waals surface area contributed by atoms with Crippen LogP contribution in [-0.2, 0) is 4.74 Å². The molecule has 4 nitrogen and oxygen atoms in total. The van der Waals surface area contributed by atoms with Crippen LogP contribution in [0.15, 0.2) is 22.7 Å². The summed E-state index contributed by atoms with van der Waals surface area (Å²) in [6.45, 7) is 2.93. The first-order chi connectivity index (χ1) is 8.50. The van der Waals surface area contributed by atoms with E-state index < -0.39 is 0 Å². The summed E-state index contributed by atoms with van der Waals surface area (Å²) >= 11 is 3.46. The lowest BCUT2D eigenvalue weighted by molar-refractivity contribution is 0.118. The molecule has 18 heavy (non-hydrogen) atoms. The molecule has 0 aromatic heterocycles. The van der Waals surface area contributed by atoms with E-state index in [9.17, 15) is 0 Å². The highest BCUT2D eigenvalue weighted by Gasteiger charge is 2.28. The predicted molar refractivity (Wildman–Crippen MR) is 77.4 cm³/mol. The van der Waals surface area contributed by atoms with Gasteiger partial charge in [-0.3, -0.25) is 5.41 Å². The summed E-state index contributed by atoms with van der Waals surface area (Å²) in [7, 11) is 2.07. The van der Waals surface area contributed by atoms with Gasteiger partial charge in [-0.25, -0.2) is 0 Å². The van der Waals surface area contributed by atoms with E-state index in [0.717, 1.165) is 28.8 Å². The first kappa shape index (κ1) is 13.4. The summed E-state index contributed by atoms with van der Waals surface area (Å²) in [5.41, 5.74) is 7.34. The van der Waals surface area contributed by atoms with Crippen LogP contribution in [0, 0.1) is 5.41 Å². The topological polar surface area (TPSA) is 62.3 Å². The minimum atomic E-state index is 0.0774. The van der Waals surface area contributed by atoms with E-state index in [0.29, 0.717) is 6.04 Å². The Morgan fingerprint density at radius 3 is 2.78 bits per heavy atom. The molecule has 0 aliphatic carbocycles. The van der Waals surface area contributed by atoms with Crippen LogP contribution in [0.2, 0.25) is 0 Å². The van der Waals surface area contributed by atoms with Crippen molar-refractivity contribution in [2.24, 2.45) is 5.73 Å². The molecule has 0 saturated carbocycles. The van der Waals surface area contributed by atoms with Crippen molar-refractivity contribution >= 4 is 27.5 Å². The maximum absolute atomic E-state index is 7.47. The third-order valence-corrected chi connectivity index (χ3v) is 4.14. The Morgan fingerprint density at radius 1 is 1.56 bits per heavy atom. The maximum atomic E-state index is 7.47. The Balaban J connectivity index is 2.23. The minimum Gasteiger partial charge on any atom is -0.384 e. The minimum absolute atomic E-state index is 0.0774. The summed E-state index contributed by atoms with van der Waals surface area (Å²) in [5.74, 6) is 0.0774. The van der Waals surface area contributed by atoms with Gasteiger partial charge in [-0.2, -0.15) is 0 Å². The number of amidine groups is 1. The summed E-state index contributed by atoms with van der Waals surface area (Å²) in [6.07, 6.45) is 1.30. The zero-order chi connectivity index (χ0) is 13.3. The van der Waals surface area contributed by atoms with Gasteiger partial charge in [-0.15, -0.1) is 0 Å². The van der Waals surface area contributed by atoms with E-state index >= 15 is 0 Å². The second-order valence-corrected chi connectivity index (χ2v) is 5.47. The molecule has 3 N–H and O–H groups in total. The number of nitrogens with two attached hydrogens (primary N) is 1. The van der Waals surface area contributed by atoms with Crippen molar-refractivity contribution in [3.05, 3.63) is 28.2 Å². The van der Waals surface area contributed by atoms with Gasteiger partial charge in [0, 0.05) is 29.4 Å². The summed E-state index contributed by atoms with van der Waals surface area (Å²) in [6, 6.07) is 6.27. The van der Waals surface area contributed by atoms with Crippen LogP contribution in [0.25, 0.3) is 0 Å². The van der Waals surface area contributed by atoms with Crippen molar-refractivity contribution in [3.8, 4) is 0 Å². The molecule has 1 aromatic carbocycles. The van der Waals surface area contributed by atoms with Crippen LogP contribution in [0.1, 0.15) is 18.9 Å². The lowest BCUT2D eigenvalue weighted by atomic mass is 10.1. The zero-order valence-electron chi connectivity index (χ0n) is 10.6. The molecule has 98 valence electrons. The van der Waals surface area contributed by atoms with E-state index in [1.165, 1.54) is 0 Å². The normalized spacial score (nSPS) is 23.1. The van der Waals surface area contributed by atoms with E-state index in [1.807, 2.05) is 18.2 Å². The zero-order valence-corrected chi connectivity index (χ0v) is 12.2. The van der Waals surface area contributed by atoms with Gasteiger partial charge in [0.1, 0.15) is 5.84 Å². The summed E-state index contributed by atoms with van der Waals surface area (Å²) in [5, 5.41) is 7.47. The lowest BCUT2D eigenvalue weighted by Crippen LogP contribution is -2.36. The Hall–Kier alpha value is -1.07. The highest BCUT2D eigenvalue weighted by atomic mass is 79.9. The van der Waals surface area contributed by atoms with Gasteiger partial charge >= 0.3 is 0 Å². The Morgan fingerprint density at radius 2 is 2.28 bits per heavy atom. The average Bonchev–Trinajstić information content (AvgIpc) is 2.74. The standard InChI is InChI=1S/C13H18BrN3O/c1-8-12(5-6-18-8)17(2)9-3-4-10(13(15)16)11(14)7-9/h3-4,7-8,12H,5-6H2,1-2H3,(H3,15,16). The molecule has 2 unspecified atom stereocenters. The Labute approximate surface area is 116 Å². The number of ether oxygens (including phenoxy) is 1. The molecular formula is C13H18BrN3O. The van der Waals surface area contributed by atoms with E-state index in [-0.39, 0.29) is 11.9 Å². The number of nitrogens with one attached hydrogen (secondary N) is 1. The van der Waals surface area contributed by atoms with Crippen molar-refractivity contribution in [2.75, 3.05) is 18.6 Å². The molecule has 1 saturated heterocycles. The summed E-state index contributed by atoms with van der Waals surface area (Å²) < 4.78 is 6.45. The number of hydrogen-bond donors (Lipinski definition) is 2. The van der Waals surface area contributed by atoms with Gasteiger partial charge in [0.15, 0.2) is 0 Å². The van der Waals surface area contributed by atoms with E-state index in [1.54, 1.807) is 0 Å². The fourth-order valence-corrected chi connectivity index (χ4v) is 2.94. The number of likely N-dealkylation sites (N-methyl/N-ethyl adjacent to an activating group) is 1. The molecule has 1 aromatic rings. The number of benzene rings is 1. The maximum Gasteiger partial charge on any atom is 0.123 e. The molecule has 0 bridgehead atoms. The SMILES string of the molecule is CC1OCCC1N(C)c1ccc(C(=N)N)c(Br)c1. The Bertz CT molecular complexity index is 464. The first-order valence-electron chi connectivity index (χ1n) is 5.99. The lowest BCUT2D eigenvalue weighted by Gasteiger charge is -2.29. The molecule has 0 amide bonds. The van der Waals surface area contributed by atoms with Crippen LogP contribution >= 0.6 is 15.9 Å². The fraction of sp³-hybridized carbons (Fsp3) is 0.462. The molecule has 2 rings (SSSR count). The van der Waals surface area contributed by atoms with Gasteiger partial charge in [0.25, 0.3) is 0 Å². The number of nitrogen functional groups attached to an aromatic ring is 1. The molecule has 1 aliphatic rings. The van der Waals surface area contributed by atoms with Crippen LogP contribution in [-0.4, -0.2) is 31.6 Å². The average molecular weight is 312 g/mol. The largest absolute Gasteiger partial charge is 0.384 e. The molecular weight excluding hydrogens is 294 g/mol. The van der Waals surface area contributed by atoms with Crippen molar-refractivity contribution in [2.45, 2.75) is 25.5 Å². The Kier molecular flexibility index (Phi) is 3.92. The van der Waals surface area contributed by atoms with Gasteiger partial charge in [0.05, 0.1) is 12.1 Å². The number of hydrogen-bond acceptors (Lipinski definition) is 3. The molecule has 5 heteroatoms. The van der Waals surface area contributed by atoms with Gasteiger partial charge in [0.2, 0.25) is 0 Å². The van der Waals surface area contributed by atoms with Gasteiger partial charge in [-0.1, -0.05) is 0 Å². The van der Waals surface area contributed by atoms with Crippen LogP contribution in [0.5, 0.6) is 0 Å². The fourth-order valence-electron chi connectivity index (χ4n) is 2.36. The molecule has 0 radical (unpaired) electrons. The highest BCUT2D eigenvalue weighted by Crippen LogP contribution is 2.28. The van der Waals surface area contributed by atoms with Gasteiger partial charge < -0.3 is 15.4 Å². The third-order valence-electron chi connectivity index (χ3n) is 3.48. The molecule has 0 spiro atoms. The number of rotatable bonds is 3. The highest BCUT2D eigenvalue weighted by molar-refractivity contribution is 9.10. The second kappa shape index (κ2) is 5.28. The van der Waals surface area contributed by atoms with Crippen LogP contribution in [0.4, 0.5) is 5.69 Å². The molecule has 1 heterocycles. The quantitative estimate of drug-likeness (QED) is 0.665. The molecule has 2 atom stereocenters. The molecule has 1 fully saturated rings. The van der Waals surface area contributed by atoms with Crippen LogP contribution < -0.4 is 10.6 Å². The third kappa shape index (κ3) is 2.52.